The predicted octanol–water partition coefficient (Wildman–Crippen LogP) is 5.27. The fraction of sp³-hybridized carbons (Fsp3) is 0. The Hall–Kier alpha value is -2.65. The number of para-hydroxylation sites is 1. The molecule has 0 bridgehead atoms. The molecule has 0 aliphatic heterocycles. The van der Waals surface area contributed by atoms with Crippen LogP contribution in [0.3, 0.4) is 0 Å². The molecule has 0 saturated carbocycles. The van der Waals surface area contributed by atoms with Gasteiger partial charge < -0.3 is 0 Å². The van der Waals surface area contributed by atoms with Crippen LogP contribution in [-0.4, -0.2) is 9.78 Å². The van der Waals surface area contributed by atoms with Gasteiger partial charge in [-0.25, -0.2) is 4.68 Å². The lowest BCUT2D eigenvalue weighted by Crippen LogP contribution is -1.97. The lowest BCUT2D eigenvalue weighted by molar-refractivity contribution is 0.894. The van der Waals surface area contributed by atoms with Gasteiger partial charge in [0.1, 0.15) is 0 Å². The van der Waals surface area contributed by atoms with Crippen molar-refractivity contribution in [3.63, 3.8) is 0 Å². The molecule has 0 saturated heterocycles. The summed E-state index contributed by atoms with van der Waals surface area (Å²) >= 11 is 1.73. The van der Waals surface area contributed by atoms with Crippen LogP contribution in [0.4, 0.5) is 0 Å². The Labute approximate surface area is 133 Å². The van der Waals surface area contributed by atoms with Crippen LogP contribution in [-0.2, 0) is 0 Å². The van der Waals surface area contributed by atoms with Crippen LogP contribution in [0, 0.1) is 0 Å². The normalized spacial score (nSPS) is 10.7. The largest absolute Gasteiger partial charge is 0.232 e. The maximum absolute atomic E-state index is 4.83. The van der Waals surface area contributed by atoms with Crippen molar-refractivity contribution in [3.8, 4) is 27.5 Å². The highest BCUT2D eigenvalue weighted by Crippen LogP contribution is 2.31. The molecule has 0 N–H and O–H groups in total. The Bertz CT molecular complexity index is 862. The summed E-state index contributed by atoms with van der Waals surface area (Å²) in [5.74, 6) is 0. The average molecular weight is 302 g/mol. The van der Waals surface area contributed by atoms with Gasteiger partial charge in [0.25, 0.3) is 0 Å². The van der Waals surface area contributed by atoms with Gasteiger partial charge in [-0.2, -0.15) is 5.10 Å². The molecule has 106 valence electrons. The molecule has 0 atom stereocenters. The Morgan fingerprint density at radius 2 is 1.50 bits per heavy atom. The van der Waals surface area contributed by atoms with Gasteiger partial charge in [0.2, 0.25) is 0 Å². The zero-order valence-electron chi connectivity index (χ0n) is 11.9. The van der Waals surface area contributed by atoms with Crippen molar-refractivity contribution in [2.75, 3.05) is 0 Å². The van der Waals surface area contributed by atoms with Gasteiger partial charge in [-0.1, -0.05) is 54.6 Å². The molecule has 2 aromatic carbocycles. The Balaban J connectivity index is 1.91. The maximum Gasteiger partial charge on any atom is 0.0934 e. The van der Waals surface area contributed by atoms with Crippen molar-refractivity contribution in [2.45, 2.75) is 0 Å². The standard InChI is InChI=1S/C19H14N2S/c1-3-8-15(9-4-1)17-14-18(19-12-7-13-22-19)21(20-17)16-10-5-2-6-11-16/h1-14H. The second-order valence-corrected chi connectivity index (χ2v) is 5.95. The summed E-state index contributed by atoms with van der Waals surface area (Å²) in [5.41, 5.74) is 4.33. The third kappa shape index (κ3) is 2.36. The second kappa shape index (κ2) is 5.62. The van der Waals surface area contributed by atoms with Crippen molar-refractivity contribution in [1.29, 1.82) is 0 Å². The molecule has 22 heavy (non-hydrogen) atoms. The minimum Gasteiger partial charge on any atom is -0.232 e. The van der Waals surface area contributed by atoms with E-state index < -0.39 is 0 Å². The fourth-order valence-corrected chi connectivity index (χ4v) is 3.22. The van der Waals surface area contributed by atoms with Crippen LogP contribution in [0.2, 0.25) is 0 Å². The van der Waals surface area contributed by atoms with Crippen LogP contribution in [0.15, 0.2) is 84.2 Å². The first-order valence-electron chi connectivity index (χ1n) is 7.16. The van der Waals surface area contributed by atoms with E-state index in [9.17, 15) is 0 Å². The van der Waals surface area contributed by atoms with Crippen molar-refractivity contribution >= 4 is 11.3 Å². The maximum atomic E-state index is 4.83. The summed E-state index contributed by atoms with van der Waals surface area (Å²) in [6, 6.07) is 26.9. The topological polar surface area (TPSA) is 17.8 Å². The predicted molar refractivity (Wildman–Crippen MR) is 92.3 cm³/mol. The molecule has 0 aliphatic rings. The first-order chi connectivity index (χ1) is 10.9. The van der Waals surface area contributed by atoms with E-state index in [-0.39, 0.29) is 0 Å². The van der Waals surface area contributed by atoms with Crippen molar-refractivity contribution in [1.82, 2.24) is 9.78 Å². The molecule has 4 aromatic rings. The quantitative estimate of drug-likeness (QED) is 0.504. The Kier molecular flexibility index (Phi) is 3.33. The Morgan fingerprint density at radius 1 is 0.773 bits per heavy atom. The molecule has 3 heteroatoms. The molecule has 0 spiro atoms. The highest BCUT2D eigenvalue weighted by atomic mass is 32.1. The number of rotatable bonds is 3. The minimum absolute atomic E-state index is 0.993. The molecular weight excluding hydrogens is 288 g/mol. The molecule has 2 aromatic heterocycles. The number of hydrogen-bond donors (Lipinski definition) is 0. The van der Waals surface area contributed by atoms with Crippen LogP contribution >= 0.6 is 11.3 Å². The highest BCUT2D eigenvalue weighted by Gasteiger charge is 2.13. The average Bonchev–Trinajstić information content (AvgIpc) is 3.26. The van der Waals surface area contributed by atoms with Gasteiger partial charge in [0.05, 0.1) is 22.0 Å². The number of thiophene rings is 1. The minimum atomic E-state index is 0.993. The molecule has 2 heterocycles. The van der Waals surface area contributed by atoms with Crippen LogP contribution < -0.4 is 0 Å². The van der Waals surface area contributed by atoms with Crippen LogP contribution in [0.1, 0.15) is 0 Å². The Morgan fingerprint density at radius 3 is 2.18 bits per heavy atom. The van der Waals surface area contributed by atoms with Gasteiger partial charge >= 0.3 is 0 Å². The van der Waals surface area contributed by atoms with Gasteiger partial charge in [-0.15, -0.1) is 11.3 Å². The molecule has 0 unspecified atom stereocenters. The molecule has 2 nitrogen and oxygen atoms in total. The summed E-state index contributed by atoms with van der Waals surface area (Å²) < 4.78 is 2.02. The lowest BCUT2D eigenvalue weighted by atomic mass is 10.1. The first-order valence-corrected chi connectivity index (χ1v) is 8.04. The van der Waals surface area contributed by atoms with Gasteiger partial charge in [-0.3, -0.25) is 0 Å². The first kappa shape index (κ1) is 13.0. The third-order valence-electron chi connectivity index (χ3n) is 3.55. The highest BCUT2D eigenvalue weighted by molar-refractivity contribution is 7.13. The molecule has 0 radical (unpaired) electrons. The summed E-state index contributed by atoms with van der Waals surface area (Å²) in [6.45, 7) is 0. The van der Waals surface area contributed by atoms with Crippen molar-refractivity contribution < 1.29 is 0 Å². The zero-order valence-corrected chi connectivity index (χ0v) is 12.7. The molecule has 4 rings (SSSR count). The summed E-state index contributed by atoms with van der Waals surface area (Å²) in [6.07, 6.45) is 0. The van der Waals surface area contributed by atoms with E-state index in [1.807, 2.05) is 41.1 Å². The summed E-state index contributed by atoms with van der Waals surface area (Å²) in [4.78, 5) is 1.22. The van der Waals surface area contributed by atoms with E-state index in [1.54, 1.807) is 11.3 Å². The fourth-order valence-electron chi connectivity index (χ4n) is 2.50. The third-order valence-corrected chi connectivity index (χ3v) is 4.45. The van der Waals surface area contributed by atoms with Gasteiger partial charge in [0, 0.05) is 5.56 Å². The zero-order chi connectivity index (χ0) is 14.8. The summed E-state index contributed by atoms with van der Waals surface area (Å²) in [5, 5.41) is 6.93. The molecule has 0 aliphatic carbocycles. The van der Waals surface area contributed by atoms with E-state index in [1.165, 1.54) is 4.88 Å². The van der Waals surface area contributed by atoms with E-state index in [4.69, 9.17) is 5.10 Å². The number of aromatic nitrogens is 2. The van der Waals surface area contributed by atoms with E-state index in [2.05, 4.69) is 47.8 Å². The number of benzene rings is 2. The molecule has 0 fully saturated rings. The van der Waals surface area contributed by atoms with Gasteiger partial charge in [0.15, 0.2) is 0 Å². The van der Waals surface area contributed by atoms with Crippen molar-refractivity contribution in [2.24, 2.45) is 0 Å². The van der Waals surface area contributed by atoms with Crippen LogP contribution in [0.25, 0.3) is 27.5 Å². The second-order valence-electron chi connectivity index (χ2n) is 5.01. The SMILES string of the molecule is c1ccc(-c2cc(-c3cccs3)n(-c3ccccc3)n2)cc1. The smallest absolute Gasteiger partial charge is 0.0934 e. The van der Waals surface area contributed by atoms with Crippen molar-refractivity contribution in [3.05, 3.63) is 84.2 Å². The van der Waals surface area contributed by atoms with E-state index in [0.717, 1.165) is 22.6 Å². The monoisotopic (exact) mass is 302 g/mol. The van der Waals surface area contributed by atoms with E-state index in [0.29, 0.717) is 0 Å². The van der Waals surface area contributed by atoms with E-state index >= 15 is 0 Å². The summed E-state index contributed by atoms with van der Waals surface area (Å²) in [7, 11) is 0. The van der Waals surface area contributed by atoms with Crippen LogP contribution in [0.5, 0.6) is 0 Å². The molecular formula is C19H14N2S. The number of nitrogens with zero attached hydrogens (tertiary/aromatic N) is 2. The van der Waals surface area contributed by atoms with Gasteiger partial charge in [-0.05, 0) is 29.6 Å². The lowest BCUT2D eigenvalue weighted by Gasteiger charge is -2.05. The molecule has 0 amide bonds. The number of hydrogen-bond acceptors (Lipinski definition) is 2.